The molecule has 0 radical (unpaired) electrons. The van der Waals surface area contributed by atoms with Gasteiger partial charge in [0.05, 0.1) is 12.2 Å². The maximum atomic E-state index is 11.4. The van der Waals surface area contributed by atoms with Crippen molar-refractivity contribution < 1.29 is 38.3 Å². The number of ether oxygens (including phenoxy) is 6. The standard InChI is InChI=1S/C25H28O8/c1-24(2)28-13-18-19(31-24)20-21(33-25(3,4)32-20)23(30-18)29-17-11-6-5-10-16(17)14-8-7-9-15(12-14)22(26)27/h5-12,18-21,23H,13H2,1-4H3,(H,26,27)/t18-,19-,20+,21+,23+/m1/s1. The van der Waals surface area contributed by atoms with Crippen molar-refractivity contribution >= 4 is 5.97 Å². The van der Waals surface area contributed by atoms with E-state index in [1.54, 1.807) is 18.2 Å². The van der Waals surface area contributed by atoms with Crippen LogP contribution in [0.3, 0.4) is 0 Å². The molecule has 0 unspecified atom stereocenters. The quantitative estimate of drug-likeness (QED) is 0.742. The van der Waals surface area contributed by atoms with E-state index in [0.29, 0.717) is 12.4 Å². The summed E-state index contributed by atoms with van der Waals surface area (Å²) in [6.45, 7) is 7.78. The molecule has 5 rings (SSSR count). The van der Waals surface area contributed by atoms with Gasteiger partial charge >= 0.3 is 5.97 Å². The molecule has 3 aliphatic heterocycles. The van der Waals surface area contributed by atoms with Gasteiger partial charge in [0, 0.05) is 5.56 Å². The summed E-state index contributed by atoms with van der Waals surface area (Å²) < 4.78 is 37.0. The zero-order valence-corrected chi connectivity index (χ0v) is 19.0. The fourth-order valence-corrected chi connectivity index (χ4v) is 4.59. The van der Waals surface area contributed by atoms with Crippen LogP contribution in [-0.2, 0) is 23.7 Å². The van der Waals surface area contributed by atoms with Gasteiger partial charge in [0.1, 0.15) is 24.1 Å². The Kier molecular flexibility index (Phi) is 5.46. The average Bonchev–Trinajstić information content (AvgIpc) is 3.10. The topological polar surface area (TPSA) is 92.7 Å². The minimum Gasteiger partial charge on any atom is -0.478 e. The molecule has 0 saturated carbocycles. The van der Waals surface area contributed by atoms with E-state index in [1.165, 1.54) is 0 Å². The van der Waals surface area contributed by atoms with Crippen LogP contribution in [0.2, 0.25) is 0 Å². The highest BCUT2D eigenvalue weighted by atomic mass is 16.8. The SMILES string of the molecule is CC1(C)O[C@@H]2[C@H](O1)[C@@H](Oc1ccccc1-c1cccc(C(=O)O)c1)O[C@@H]1COC(C)(C)O[C@@H]21. The minimum atomic E-state index is -0.987. The second kappa shape index (κ2) is 8.07. The van der Waals surface area contributed by atoms with Gasteiger partial charge in [-0.1, -0.05) is 30.3 Å². The molecule has 1 N–H and O–H groups in total. The van der Waals surface area contributed by atoms with E-state index in [4.69, 9.17) is 28.4 Å². The van der Waals surface area contributed by atoms with Gasteiger partial charge in [-0.3, -0.25) is 0 Å². The number of para-hydroxylation sites is 1. The van der Waals surface area contributed by atoms with Crippen molar-refractivity contribution in [3.8, 4) is 16.9 Å². The van der Waals surface area contributed by atoms with Gasteiger partial charge in [-0.05, 0) is 51.5 Å². The van der Waals surface area contributed by atoms with Gasteiger partial charge in [-0.15, -0.1) is 0 Å². The predicted molar refractivity (Wildman–Crippen MR) is 117 cm³/mol. The Morgan fingerprint density at radius 3 is 2.45 bits per heavy atom. The number of benzene rings is 2. The third kappa shape index (κ3) is 4.37. The molecule has 0 bridgehead atoms. The van der Waals surface area contributed by atoms with E-state index in [1.807, 2.05) is 58.0 Å². The van der Waals surface area contributed by atoms with Gasteiger partial charge in [-0.25, -0.2) is 4.79 Å². The van der Waals surface area contributed by atoms with Crippen molar-refractivity contribution in [1.29, 1.82) is 0 Å². The van der Waals surface area contributed by atoms with E-state index >= 15 is 0 Å². The molecule has 3 heterocycles. The summed E-state index contributed by atoms with van der Waals surface area (Å²) in [5.74, 6) is -2.01. The number of hydrogen-bond acceptors (Lipinski definition) is 7. The predicted octanol–water partition coefficient (Wildman–Crippen LogP) is 3.83. The summed E-state index contributed by atoms with van der Waals surface area (Å²) in [6.07, 6.45) is -2.43. The Morgan fingerprint density at radius 1 is 0.939 bits per heavy atom. The van der Waals surface area contributed by atoms with Crippen LogP contribution < -0.4 is 4.74 Å². The second-order valence-corrected chi connectivity index (χ2v) is 9.40. The Labute approximate surface area is 192 Å². The van der Waals surface area contributed by atoms with Gasteiger partial charge in [0.2, 0.25) is 6.29 Å². The third-order valence-electron chi connectivity index (χ3n) is 6.00. The highest BCUT2D eigenvalue weighted by Gasteiger charge is 2.59. The van der Waals surface area contributed by atoms with Gasteiger partial charge < -0.3 is 33.5 Å². The number of carboxylic acid groups (broad SMARTS) is 1. The molecule has 0 amide bonds. The van der Waals surface area contributed by atoms with E-state index in [0.717, 1.165) is 11.1 Å². The molecule has 8 heteroatoms. The smallest absolute Gasteiger partial charge is 0.335 e. The van der Waals surface area contributed by atoms with Crippen molar-refractivity contribution in [2.75, 3.05) is 6.61 Å². The number of carbonyl (C=O) groups is 1. The van der Waals surface area contributed by atoms with E-state index < -0.39 is 36.0 Å². The fourth-order valence-electron chi connectivity index (χ4n) is 4.59. The lowest BCUT2D eigenvalue weighted by atomic mass is 9.97. The van der Waals surface area contributed by atoms with Crippen LogP contribution >= 0.6 is 0 Å². The van der Waals surface area contributed by atoms with Crippen LogP contribution in [0, 0.1) is 0 Å². The fraction of sp³-hybridized carbons (Fsp3) is 0.480. The first-order chi connectivity index (χ1) is 15.6. The zero-order chi connectivity index (χ0) is 23.4. The molecule has 3 fully saturated rings. The van der Waals surface area contributed by atoms with Crippen molar-refractivity contribution in [1.82, 2.24) is 0 Å². The Hall–Kier alpha value is -2.49. The maximum Gasteiger partial charge on any atom is 0.335 e. The molecular weight excluding hydrogens is 428 g/mol. The van der Waals surface area contributed by atoms with E-state index in [2.05, 4.69) is 0 Å². The van der Waals surface area contributed by atoms with E-state index in [-0.39, 0.29) is 17.8 Å². The van der Waals surface area contributed by atoms with Crippen molar-refractivity contribution in [2.45, 2.75) is 70.0 Å². The molecule has 5 atom stereocenters. The molecule has 8 nitrogen and oxygen atoms in total. The highest BCUT2D eigenvalue weighted by Crippen LogP contribution is 2.43. The average molecular weight is 456 g/mol. The number of aromatic carboxylic acids is 1. The van der Waals surface area contributed by atoms with Crippen LogP contribution in [0.4, 0.5) is 0 Å². The molecule has 2 aromatic carbocycles. The second-order valence-electron chi connectivity index (χ2n) is 9.40. The largest absolute Gasteiger partial charge is 0.478 e. The first-order valence-corrected chi connectivity index (χ1v) is 11.0. The molecule has 3 saturated heterocycles. The monoisotopic (exact) mass is 456 g/mol. The lowest BCUT2D eigenvalue weighted by Crippen LogP contribution is -2.64. The molecule has 0 spiro atoms. The number of hydrogen-bond donors (Lipinski definition) is 1. The lowest BCUT2D eigenvalue weighted by Gasteiger charge is -2.48. The zero-order valence-electron chi connectivity index (χ0n) is 19.0. The van der Waals surface area contributed by atoms with Gasteiger partial charge in [-0.2, -0.15) is 0 Å². The Morgan fingerprint density at radius 2 is 1.67 bits per heavy atom. The highest BCUT2D eigenvalue weighted by molar-refractivity contribution is 5.89. The lowest BCUT2D eigenvalue weighted by molar-refractivity contribution is -0.362. The Balaban J connectivity index is 1.45. The number of rotatable bonds is 4. The molecule has 3 aliphatic rings. The van der Waals surface area contributed by atoms with E-state index in [9.17, 15) is 9.90 Å². The molecule has 176 valence electrons. The summed E-state index contributed by atoms with van der Waals surface area (Å²) in [6, 6.07) is 14.2. The summed E-state index contributed by atoms with van der Waals surface area (Å²) in [5.41, 5.74) is 1.68. The summed E-state index contributed by atoms with van der Waals surface area (Å²) in [4.78, 5) is 11.4. The molecular formula is C25H28O8. The number of fused-ring (bicyclic) bond motifs is 3. The number of carboxylic acids is 1. The molecule has 0 aromatic heterocycles. The first-order valence-electron chi connectivity index (χ1n) is 11.0. The van der Waals surface area contributed by atoms with Crippen molar-refractivity contribution in [3.63, 3.8) is 0 Å². The molecule has 2 aromatic rings. The van der Waals surface area contributed by atoms with Crippen LogP contribution in [0.15, 0.2) is 48.5 Å². The first kappa shape index (κ1) is 22.3. The van der Waals surface area contributed by atoms with Crippen LogP contribution in [0.25, 0.3) is 11.1 Å². The normalized spacial score (nSPS) is 31.9. The summed E-state index contributed by atoms with van der Waals surface area (Å²) >= 11 is 0. The van der Waals surface area contributed by atoms with Crippen LogP contribution in [-0.4, -0.2) is 60.0 Å². The summed E-state index contributed by atoms with van der Waals surface area (Å²) in [5, 5.41) is 9.38. The van der Waals surface area contributed by atoms with Gasteiger partial charge in [0.15, 0.2) is 17.7 Å². The Bertz CT molecular complexity index is 1050. The van der Waals surface area contributed by atoms with Crippen molar-refractivity contribution in [2.24, 2.45) is 0 Å². The minimum absolute atomic E-state index is 0.201. The van der Waals surface area contributed by atoms with Crippen LogP contribution in [0.5, 0.6) is 5.75 Å². The van der Waals surface area contributed by atoms with Gasteiger partial charge in [0.25, 0.3) is 0 Å². The molecule has 0 aliphatic carbocycles. The third-order valence-corrected chi connectivity index (χ3v) is 6.00. The van der Waals surface area contributed by atoms with Crippen LogP contribution in [0.1, 0.15) is 38.1 Å². The summed E-state index contributed by atoms with van der Waals surface area (Å²) in [7, 11) is 0. The molecule has 33 heavy (non-hydrogen) atoms. The van der Waals surface area contributed by atoms with Crippen molar-refractivity contribution in [3.05, 3.63) is 54.1 Å². The maximum absolute atomic E-state index is 11.4.